The number of nitrogens with zero attached hydrogens (tertiary/aromatic N) is 2. The summed E-state index contributed by atoms with van der Waals surface area (Å²) >= 11 is 0. The van der Waals surface area contributed by atoms with Crippen molar-refractivity contribution in [3.05, 3.63) is 64.2 Å². The Morgan fingerprint density at radius 3 is 2.28 bits per heavy atom. The van der Waals surface area contributed by atoms with Gasteiger partial charge in [-0.25, -0.2) is 4.98 Å². The van der Waals surface area contributed by atoms with Crippen molar-refractivity contribution in [1.29, 1.82) is 0 Å². The van der Waals surface area contributed by atoms with Crippen molar-refractivity contribution in [3.8, 4) is 5.69 Å². The SMILES string of the molecule is CC(C)c1nc2cc(N)ccc2c(=O)n1-c1ccc(C(F)(F)F)cc1. The van der Waals surface area contributed by atoms with E-state index in [-0.39, 0.29) is 11.5 Å². The van der Waals surface area contributed by atoms with E-state index in [1.54, 1.807) is 18.2 Å². The topological polar surface area (TPSA) is 60.9 Å². The normalized spacial score (nSPS) is 12.1. The number of halogens is 3. The van der Waals surface area contributed by atoms with E-state index in [4.69, 9.17) is 5.73 Å². The molecule has 130 valence electrons. The number of benzene rings is 2. The smallest absolute Gasteiger partial charge is 0.399 e. The molecule has 0 saturated carbocycles. The van der Waals surface area contributed by atoms with Gasteiger partial charge in [0.25, 0.3) is 5.56 Å². The van der Waals surface area contributed by atoms with Crippen LogP contribution in [0.1, 0.15) is 31.2 Å². The zero-order valence-electron chi connectivity index (χ0n) is 13.6. The van der Waals surface area contributed by atoms with E-state index >= 15 is 0 Å². The molecular formula is C18H16F3N3O. The Hall–Kier alpha value is -2.83. The van der Waals surface area contributed by atoms with Gasteiger partial charge in [-0.15, -0.1) is 0 Å². The fourth-order valence-corrected chi connectivity index (χ4v) is 2.66. The molecule has 0 unspecified atom stereocenters. The van der Waals surface area contributed by atoms with E-state index in [1.165, 1.54) is 16.7 Å². The average molecular weight is 347 g/mol. The molecule has 0 spiro atoms. The van der Waals surface area contributed by atoms with E-state index in [1.807, 2.05) is 13.8 Å². The second-order valence-electron chi connectivity index (χ2n) is 6.09. The molecule has 0 radical (unpaired) electrons. The third kappa shape index (κ3) is 3.09. The third-order valence-corrected chi connectivity index (χ3v) is 3.89. The lowest BCUT2D eigenvalue weighted by atomic mass is 10.1. The molecule has 4 nitrogen and oxygen atoms in total. The first-order valence-electron chi connectivity index (χ1n) is 7.68. The first-order chi connectivity index (χ1) is 11.7. The summed E-state index contributed by atoms with van der Waals surface area (Å²) in [5, 5.41) is 0.360. The molecular weight excluding hydrogens is 331 g/mol. The van der Waals surface area contributed by atoms with Crippen LogP contribution in [-0.4, -0.2) is 9.55 Å². The largest absolute Gasteiger partial charge is 0.416 e. The number of nitrogen functional groups attached to an aromatic ring is 1. The second-order valence-corrected chi connectivity index (χ2v) is 6.09. The molecule has 0 saturated heterocycles. The fourth-order valence-electron chi connectivity index (χ4n) is 2.66. The average Bonchev–Trinajstić information content (AvgIpc) is 2.53. The number of hydrogen-bond donors (Lipinski definition) is 1. The molecule has 2 N–H and O–H groups in total. The molecule has 0 aliphatic carbocycles. The summed E-state index contributed by atoms with van der Waals surface area (Å²) in [5.41, 5.74) is 5.94. The van der Waals surface area contributed by atoms with Gasteiger partial charge in [0.1, 0.15) is 5.82 Å². The first-order valence-corrected chi connectivity index (χ1v) is 7.68. The Bertz CT molecular complexity index is 989. The molecule has 2 aromatic carbocycles. The summed E-state index contributed by atoms with van der Waals surface area (Å²) in [6.07, 6.45) is -4.43. The Labute approximate surface area is 141 Å². The maximum atomic E-state index is 12.9. The predicted molar refractivity (Wildman–Crippen MR) is 90.8 cm³/mol. The van der Waals surface area contributed by atoms with Crippen LogP contribution >= 0.6 is 0 Å². The van der Waals surface area contributed by atoms with Crippen molar-refractivity contribution < 1.29 is 13.2 Å². The molecule has 25 heavy (non-hydrogen) atoms. The van der Waals surface area contributed by atoms with Gasteiger partial charge in [0.2, 0.25) is 0 Å². The molecule has 7 heteroatoms. The molecule has 0 bridgehead atoms. The van der Waals surface area contributed by atoms with Gasteiger partial charge in [-0.2, -0.15) is 13.2 Å². The maximum Gasteiger partial charge on any atom is 0.416 e. The highest BCUT2D eigenvalue weighted by Gasteiger charge is 2.30. The molecule has 0 fully saturated rings. The Morgan fingerprint density at radius 2 is 1.72 bits per heavy atom. The molecule has 0 atom stereocenters. The quantitative estimate of drug-likeness (QED) is 0.710. The van der Waals surface area contributed by atoms with E-state index in [0.29, 0.717) is 28.1 Å². The van der Waals surface area contributed by atoms with Crippen LogP contribution in [0.25, 0.3) is 16.6 Å². The van der Waals surface area contributed by atoms with Crippen LogP contribution in [0.2, 0.25) is 0 Å². The Kier molecular flexibility index (Phi) is 4.02. The van der Waals surface area contributed by atoms with E-state index in [9.17, 15) is 18.0 Å². The summed E-state index contributed by atoms with van der Waals surface area (Å²) in [4.78, 5) is 17.4. The van der Waals surface area contributed by atoms with Crippen molar-refractivity contribution in [1.82, 2.24) is 9.55 Å². The molecule has 0 aliphatic rings. The predicted octanol–water partition coefficient (Wildman–Crippen LogP) is 4.11. The Morgan fingerprint density at radius 1 is 1.08 bits per heavy atom. The number of anilines is 1. The lowest BCUT2D eigenvalue weighted by Crippen LogP contribution is -2.24. The minimum absolute atomic E-state index is 0.110. The van der Waals surface area contributed by atoms with Gasteiger partial charge in [-0.3, -0.25) is 9.36 Å². The van der Waals surface area contributed by atoms with Crippen LogP contribution in [0.5, 0.6) is 0 Å². The number of alkyl halides is 3. The highest BCUT2D eigenvalue weighted by atomic mass is 19.4. The van der Waals surface area contributed by atoms with Gasteiger partial charge in [0, 0.05) is 11.6 Å². The molecule has 3 rings (SSSR count). The van der Waals surface area contributed by atoms with Crippen LogP contribution in [0.4, 0.5) is 18.9 Å². The number of hydrogen-bond acceptors (Lipinski definition) is 3. The van der Waals surface area contributed by atoms with E-state index < -0.39 is 11.7 Å². The lowest BCUT2D eigenvalue weighted by molar-refractivity contribution is -0.137. The minimum atomic E-state index is -4.43. The minimum Gasteiger partial charge on any atom is -0.399 e. The molecule has 3 aromatic rings. The fraction of sp³-hybridized carbons (Fsp3) is 0.222. The second kappa shape index (κ2) is 5.91. The monoisotopic (exact) mass is 347 g/mol. The summed E-state index contributed by atoms with van der Waals surface area (Å²) in [5.74, 6) is 0.351. The van der Waals surface area contributed by atoms with Gasteiger partial charge < -0.3 is 5.73 Å². The standard InChI is InChI=1S/C18H16F3N3O/c1-10(2)16-23-15-9-12(22)5-8-14(15)17(25)24(16)13-6-3-11(4-7-13)18(19,20)21/h3-10H,22H2,1-2H3. The van der Waals surface area contributed by atoms with Gasteiger partial charge in [-0.05, 0) is 42.5 Å². The zero-order valence-corrected chi connectivity index (χ0v) is 13.6. The van der Waals surface area contributed by atoms with Gasteiger partial charge in [0.15, 0.2) is 0 Å². The lowest BCUT2D eigenvalue weighted by Gasteiger charge is -2.17. The van der Waals surface area contributed by atoms with Crippen molar-refractivity contribution in [2.45, 2.75) is 25.9 Å². The van der Waals surface area contributed by atoms with Gasteiger partial charge in [-0.1, -0.05) is 13.8 Å². The van der Waals surface area contributed by atoms with Crippen molar-refractivity contribution in [2.75, 3.05) is 5.73 Å². The molecule has 1 aromatic heterocycles. The number of nitrogens with two attached hydrogens (primary N) is 1. The molecule has 1 heterocycles. The number of fused-ring (bicyclic) bond motifs is 1. The van der Waals surface area contributed by atoms with Crippen LogP contribution < -0.4 is 11.3 Å². The maximum absolute atomic E-state index is 12.9. The highest BCUT2D eigenvalue weighted by Crippen LogP contribution is 2.30. The molecule has 0 amide bonds. The summed E-state index contributed by atoms with van der Waals surface area (Å²) in [6, 6.07) is 9.25. The summed E-state index contributed by atoms with van der Waals surface area (Å²) in [6.45, 7) is 3.72. The van der Waals surface area contributed by atoms with Crippen molar-refractivity contribution >= 4 is 16.6 Å². The Balaban J connectivity index is 2.27. The first kappa shape index (κ1) is 17.0. The van der Waals surface area contributed by atoms with Crippen molar-refractivity contribution in [2.24, 2.45) is 0 Å². The van der Waals surface area contributed by atoms with Crippen molar-refractivity contribution in [3.63, 3.8) is 0 Å². The summed E-state index contributed by atoms with van der Waals surface area (Å²) < 4.78 is 39.6. The number of rotatable bonds is 2. The van der Waals surface area contributed by atoms with E-state index in [2.05, 4.69) is 4.98 Å². The zero-order chi connectivity index (χ0) is 18.4. The van der Waals surface area contributed by atoms with Gasteiger partial charge >= 0.3 is 6.18 Å². The molecule has 0 aliphatic heterocycles. The van der Waals surface area contributed by atoms with E-state index in [0.717, 1.165) is 12.1 Å². The van der Waals surface area contributed by atoms with Crippen LogP contribution in [0, 0.1) is 0 Å². The highest BCUT2D eigenvalue weighted by molar-refractivity contribution is 5.81. The van der Waals surface area contributed by atoms with Crippen LogP contribution in [-0.2, 0) is 6.18 Å². The van der Waals surface area contributed by atoms with Gasteiger partial charge in [0.05, 0.1) is 22.2 Å². The third-order valence-electron chi connectivity index (χ3n) is 3.89. The summed E-state index contributed by atoms with van der Waals surface area (Å²) in [7, 11) is 0. The van der Waals surface area contributed by atoms with Crippen LogP contribution in [0.15, 0.2) is 47.3 Å². The number of aromatic nitrogens is 2. The van der Waals surface area contributed by atoms with Crippen LogP contribution in [0.3, 0.4) is 0 Å².